The average Bonchev–Trinajstić information content (AvgIpc) is 3.33. The summed E-state index contributed by atoms with van der Waals surface area (Å²) in [7, 11) is 0. The number of imidazole rings is 1. The van der Waals surface area contributed by atoms with Crippen LogP contribution >= 0.6 is 0 Å². The molecular formula is C22H25N7O. The van der Waals surface area contributed by atoms with Crippen molar-refractivity contribution in [3.8, 4) is 12.1 Å². The van der Waals surface area contributed by atoms with Gasteiger partial charge in [-0.05, 0) is 50.5 Å². The highest BCUT2D eigenvalue weighted by Crippen LogP contribution is 2.28. The summed E-state index contributed by atoms with van der Waals surface area (Å²) in [5.74, 6) is 0.407. The molecule has 0 aliphatic carbocycles. The van der Waals surface area contributed by atoms with Crippen molar-refractivity contribution in [1.82, 2.24) is 29.7 Å². The van der Waals surface area contributed by atoms with E-state index in [2.05, 4.69) is 40.3 Å². The van der Waals surface area contributed by atoms with Crippen LogP contribution in [0.3, 0.4) is 0 Å². The first-order valence-electron chi connectivity index (χ1n) is 10.3. The lowest BCUT2D eigenvalue weighted by atomic mass is 10.0. The normalized spacial score (nSPS) is 21.0. The Labute approximate surface area is 175 Å². The fourth-order valence-corrected chi connectivity index (χ4v) is 4.30. The van der Waals surface area contributed by atoms with Gasteiger partial charge in [-0.15, -0.1) is 0 Å². The van der Waals surface area contributed by atoms with E-state index >= 15 is 0 Å². The van der Waals surface area contributed by atoms with Crippen molar-refractivity contribution in [2.45, 2.75) is 58.2 Å². The van der Waals surface area contributed by atoms with Crippen molar-refractivity contribution in [1.29, 1.82) is 5.26 Å². The van der Waals surface area contributed by atoms with Crippen molar-refractivity contribution < 1.29 is 4.79 Å². The predicted molar refractivity (Wildman–Crippen MR) is 113 cm³/mol. The largest absolute Gasteiger partial charge is 0.347 e. The minimum atomic E-state index is -0.142. The molecule has 8 nitrogen and oxygen atoms in total. The molecule has 2 aromatic heterocycles. The van der Waals surface area contributed by atoms with E-state index in [0.717, 1.165) is 30.5 Å². The van der Waals surface area contributed by atoms with Crippen molar-refractivity contribution in [3.63, 3.8) is 0 Å². The smallest absolute Gasteiger partial charge is 0.251 e. The maximum absolute atomic E-state index is 12.9. The van der Waals surface area contributed by atoms with Gasteiger partial charge in [-0.1, -0.05) is 13.8 Å². The molecule has 0 radical (unpaired) electrons. The van der Waals surface area contributed by atoms with Gasteiger partial charge in [0.05, 0.1) is 23.1 Å². The number of amides is 1. The highest BCUT2D eigenvalue weighted by molar-refractivity contribution is 5.97. The number of nitrogens with one attached hydrogen (secondary N) is 1. The Balaban J connectivity index is 1.57. The maximum atomic E-state index is 12.9. The summed E-state index contributed by atoms with van der Waals surface area (Å²) in [4.78, 5) is 28.0. The number of nitrogens with zero attached hydrogens (tertiary/aromatic N) is 6. The molecule has 1 amide bonds. The van der Waals surface area contributed by atoms with Crippen LogP contribution < -0.4 is 5.32 Å². The van der Waals surface area contributed by atoms with Crippen LogP contribution in [0, 0.1) is 18.4 Å². The molecule has 4 rings (SSSR count). The van der Waals surface area contributed by atoms with Gasteiger partial charge in [0, 0.05) is 23.5 Å². The Hall–Kier alpha value is -3.47. The van der Waals surface area contributed by atoms with E-state index in [9.17, 15) is 10.1 Å². The molecule has 8 heteroatoms. The molecule has 3 unspecified atom stereocenters. The first kappa shape index (κ1) is 19.8. The van der Waals surface area contributed by atoms with E-state index in [1.807, 2.05) is 28.5 Å². The third-order valence-electron chi connectivity index (χ3n) is 5.87. The summed E-state index contributed by atoms with van der Waals surface area (Å²) in [5.41, 5.74) is 2.97. The summed E-state index contributed by atoms with van der Waals surface area (Å²) < 4.78 is 1.81. The van der Waals surface area contributed by atoms with Gasteiger partial charge < -0.3 is 10.2 Å². The zero-order valence-corrected chi connectivity index (χ0v) is 17.4. The Morgan fingerprint density at radius 3 is 2.80 bits per heavy atom. The second kappa shape index (κ2) is 8.11. The van der Waals surface area contributed by atoms with Crippen molar-refractivity contribution in [2.24, 2.45) is 0 Å². The molecule has 1 aromatic carbocycles. The van der Waals surface area contributed by atoms with Gasteiger partial charge in [0.2, 0.25) is 5.95 Å². The maximum Gasteiger partial charge on any atom is 0.251 e. The lowest BCUT2D eigenvalue weighted by Crippen LogP contribution is -2.43. The third-order valence-corrected chi connectivity index (χ3v) is 5.87. The van der Waals surface area contributed by atoms with Crippen LogP contribution in [0.5, 0.6) is 0 Å². The number of rotatable bonds is 5. The van der Waals surface area contributed by atoms with Gasteiger partial charge in [-0.25, -0.2) is 15.0 Å². The number of carbonyl (C=O) groups is 1. The minimum absolute atomic E-state index is 0.0327. The van der Waals surface area contributed by atoms with Crippen molar-refractivity contribution in [3.05, 3.63) is 48.0 Å². The number of carbonyl (C=O) groups excluding carboxylic acids is 1. The molecule has 1 saturated heterocycles. The number of hydrogen-bond acceptors (Lipinski definition) is 6. The molecule has 30 heavy (non-hydrogen) atoms. The van der Waals surface area contributed by atoms with E-state index in [0.29, 0.717) is 17.0 Å². The van der Waals surface area contributed by atoms with Crippen LogP contribution in [0.2, 0.25) is 0 Å². The van der Waals surface area contributed by atoms with Crippen LogP contribution in [-0.4, -0.2) is 48.5 Å². The number of aryl methyl sites for hydroxylation is 1. The summed E-state index contributed by atoms with van der Waals surface area (Å²) in [6.07, 6.45) is 8.19. The fourth-order valence-electron chi connectivity index (χ4n) is 4.30. The van der Waals surface area contributed by atoms with Crippen LogP contribution in [0.25, 0.3) is 17.0 Å². The molecule has 0 spiro atoms. The van der Waals surface area contributed by atoms with Crippen LogP contribution in [0.4, 0.5) is 0 Å². The molecule has 3 aromatic rings. The van der Waals surface area contributed by atoms with Gasteiger partial charge in [-0.2, -0.15) is 5.26 Å². The van der Waals surface area contributed by atoms with Gasteiger partial charge in [0.25, 0.3) is 5.91 Å². The average molecular weight is 403 g/mol. The quantitative estimate of drug-likeness (QED) is 0.658. The summed E-state index contributed by atoms with van der Waals surface area (Å²) in [6.45, 7) is 6.04. The summed E-state index contributed by atoms with van der Waals surface area (Å²) in [6, 6.07) is 7.45. The van der Waals surface area contributed by atoms with Crippen LogP contribution in [0.1, 0.15) is 49.2 Å². The van der Waals surface area contributed by atoms with Crippen molar-refractivity contribution in [2.75, 3.05) is 0 Å². The fraction of sp³-hybridized carbons (Fsp3) is 0.409. The Bertz CT molecular complexity index is 1120. The molecule has 3 atom stereocenters. The number of hydrogen-bond donors (Lipinski definition) is 1. The van der Waals surface area contributed by atoms with E-state index in [-0.39, 0.29) is 24.0 Å². The monoisotopic (exact) mass is 403 g/mol. The standard InChI is InChI=1S/C22H25N7O/c1-4-16-11-18(19(5-2)28(16)12-23)27-21(30)15-6-7-20-17(10-15)25-13-29(20)22-24-9-8-14(3)26-22/h6-10,13,16,18-19H,4-5,11H2,1-3H3,(H,27,30). The summed E-state index contributed by atoms with van der Waals surface area (Å²) >= 11 is 0. The zero-order chi connectivity index (χ0) is 21.3. The molecule has 1 aliphatic heterocycles. The van der Waals surface area contributed by atoms with E-state index < -0.39 is 0 Å². The summed E-state index contributed by atoms with van der Waals surface area (Å²) in [5, 5.41) is 12.7. The van der Waals surface area contributed by atoms with Gasteiger partial charge in [0.15, 0.2) is 6.19 Å². The Morgan fingerprint density at radius 2 is 2.10 bits per heavy atom. The van der Waals surface area contributed by atoms with Crippen LogP contribution in [-0.2, 0) is 0 Å². The van der Waals surface area contributed by atoms with Crippen molar-refractivity contribution >= 4 is 16.9 Å². The second-order valence-corrected chi connectivity index (χ2v) is 7.68. The first-order chi connectivity index (χ1) is 14.5. The molecule has 1 aliphatic rings. The lowest BCUT2D eigenvalue weighted by Gasteiger charge is -2.25. The molecule has 3 heterocycles. The number of benzene rings is 1. The van der Waals surface area contributed by atoms with E-state index in [1.54, 1.807) is 24.7 Å². The molecule has 1 N–H and O–H groups in total. The van der Waals surface area contributed by atoms with Gasteiger partial charge in [0.1, 0.15) is 6.33 Å². The SMILES string of the molecule is CCC1CC(NC(=O)c2ccc3c(c2)ncn3-c2nccc(C)n2)C(CC)N1C#N. The molecule has 0 bridgehead atoms. The van der Waals surface area contributed by atoms with Gasteiger partial charge >= 0.3 is 0 Å². The number of nitriles is 1. The zero-order valence-electron chi connectivity index (χ0n) is 17.4. The molecule has 0 saturated carbocycles. The van der Waals surface area contributed by atoms with E-state index in [4.69, 9.17) is 0 Å². The minimum Gasteiger partial charge on any atom is -0.347 e. The molecule has 154 valence electrons. The Morgan fingerprint density at radius 1 is 1.27 bits per heavy atom. The lowest BCUT2D eigenvalue weighted by molar-refractivity contribution is 0.0929. The number of fused-ring (bicyclic) bond motifs is 1. The molecule has 1 fully saturated rings. The molecular weight excluding hydrogens is 378 g/mol. The van der Waals surface area contributed by atoms with Gasteiger partial charge in [-0.3, -0.25) is 9.36 Å². The second-order valence-electron chi connectivity index (χ2n) is 7.68. The first-order valence-corrected chi connectivity index (χ1v) is 10.3. The number of aromatic nitrogens is 4. The predicted octanol–water partition coefficient (Wildman–Crippen LogP) is 2.97. The van der Waals surface area contributed by atoms with Crippen LogP contribution in [0.15, 0.2) is 36.8 Å². The Kier molecular flexibility index (Phi) is 5.36. The highest BCUT2D eigenvalue weighted by atomic mass is 16.1. The van der Waals surface area contributed by atoms with E-state index in [1.165, 1.54) is 0 Å². The topological polar surface area (TPSA) is 99.7 Å². The highest BCUT2D eigenvalue weighted by Gasteiger charge is 2.39. The third kappa shape index (κ3) is 3.47. The number of likely N-dealkylation sites (tertiary alicyclic amines) is 1.